The molecule has 3 aromatic carbocycles. The molecule has 0 bridgehead atoms. The zero-order valence-corrected chi connectivity index (χ0v) is 27.9. The second-order valence-electron chi connectivity index (χ2n) is 11.6. The summed E-state index contributed by atoms with van der Waals surface area (Å²) in [7, 11) is 0. The molecule has 0 atom stereocenters. The van der Waals surface area contributed by atoms with Crippen LogP contribution < -0.4 is 0 Å². The van der Waals surface area contributed by atoms with Gasteiger partial charge in [-0.25, -0.2) is 0 Å². The van der Waals surface area contributed by atoms with Crippen LogP contribution in [0.25, 0.3) is 0 Å². The third kappa shape index (κ3) is 6.93. The lowest BCUT2D eigenvalue weighted by Crippen LogP contribution is -2.49. The molecule has 0 saturated carbocycles. The number of likely N-dealkylation sites (tertiary alicyclic amines) is 1. The maximum atomic E-state index is 7.01. The van der Waals surface area contributed by atoms with E-state index >= 15 is 0 Å². The van der Waals surface area contributed by atoms with Crippen LogP contribution in [0, 0.1) is 0 Å². The molecule has 3 nitrogen and oxygen atoms in total. The second-order valence-corrected chi connectivity index (χ2v) is 13.3. The Morgan fingerprint density at radius 2 is 1.40 bits per heavy atom. The third-order valence-corrected chi connectivity index (χ3v) is 10.5. The molecule has 7 heteroatoms. The molecule has 2 heterocycles. The van der Waals surface area contributed by atoms with E-state index in [1.54, 1.807) is 6.20 Å². The van der Waals surface area contributed by atoms with Gasteiger partial charge in [0.15, 0.2) is 0 Å². The van der Waals surface area contributed by atoms with Gasteiger partial charge in [-0.3, -0.25) is 4.98 Å². The predicted molar refractivity (Wildman–Crippen MR) is 183 cm³/mol. The van der Waals surface area contributed by atoms with E-state index in [1.165, 1.54) is 5.56 Å². The highest BCUT2D eigenvalue weighted by Crippen LogP contribution is 2.48. The minimum Gasteiger partial charge on any atom is -0.303 e. The fraction of sp³-hybridized carbons (Fsp3) is 0.361. The average Bonchev–Trinajstić information content (AvgIpc) is 3.03. The van der Waals surface area contributed by atoms with Crippen LogP contribution in [0.3, 0.4) is 0 Å². The maximum Gasteiger partial charge on any atom is 0.0508 e. The predicted octanol–water partition coefficient (Wildman–Crippen LogP) is 9.80. The van der Waals surface area contributed by atoms with Crippen molar-refractivity contribution in [2.45, 2.75) is 43.9 Å². The van der Waals surface area contributed by atoms with Gasteiger partial charge in [0.25, 0.3) is 0 Å². The van der Waals surface area contributed by atoms with Crippen molar-refractivity contribution in [3.63, 3.8) is 0 Å². The molecule has 0 aliphatic carbocycles. The Morgan fingerprint density at radius 1 is 0.791 bits per heavy atom. The van der Waals surface area contributed by atoms with Gasteiger partial charge in [0, 0.05) is 44.4 Å². The van der Waals surface area contributed by atoms with Gasteiger partial charge in [-0.15, -0.1) is 0 Å². The summed E-state index contributed by atoms with van der Waals surface area (Å²) in [6.45, 7) is 10.6. The summed E-state index contributed by atoms with van der Waals surface area (Å²) in [6.07, 6.45) is 6.70. The second kappa shape index (κ2) is 14.3. The number of benzene rings is 3. The van der Waals surface area contributed by atoms with E-state index < -0.39 is 5.41 Å². The first-order chi connectivity index (χ1) is 20.8. The average molecular weight is 656 g/mol. The number of nitrogens with zero attached hydrogens (tertiary/aromatic N) is 3. The zero-order valence-electron chi connectivity index (χ0n) is 24.9. The van der Waals surface area contributed by atoms with Crippen molar-refractivity contribution in [2.75, 3.05) is 39.3 Å². The van der Waals surface area contributed by atoms with Gasteiger partial charge in [0.05, 0.1) is 5.41 Å². The number of aromatic nitrogens is 1. The first-order valence-corrected chi connectivity index (χ1v) is 16.6. The molecule has 0 unspecified atom stereocenters. The van der Waals surface area contributed by atoms with Crippen LogP contribution in [-0.4, -0.2) is 54.1 Å². The SMILES string of the molecule is CCN(CC)CC1(c2ccccc2)CCN(CCC(c2cccnc2)(c2ccc(Cl)cc2Cl)c2ccc(Cl)cc2Cl)CC1. The molecule has 0 radical (unpaired) electrons. The molecule has 0 N–H and O–H groups in total. The molecule has 1 aromatic heterocycles. The van der Waals surface area contributed by atoms with Gasteiger partial charge in [0.1, 0.15) is 0 Å². The van der Waals surface area contributed by atoms with Gasteiger partial charge in [-0.05, 0) is 105 Å². The molecular weight excluding hydrogens is 616 g/mol. The summed E-state index contributed by atoms with van der Waals surface area (Å²) in [4.78, 5) is 9.70. The standard InChI is InChI=1S/C36H39Cl4N3/c1-3-42(4-2)26-35(27-9-6-5-7-10-27)16-20-43(21-17-35)22-18-36(28-11-8-19-41-25-28,31-14-12-29(37)23-33(31)39)32-15-13-30(38)24-34(32)40/h5-15,19,23-25H,3-4,16-18,20-22,26H2,1-2H3. The molecule has 1 saturated heterocycles. The highest BCUT2D eigenvalue weighted by atomic mass is 35.5. The Kier molecular flexibility index (Phi) is 10.8. The highest BCUT2D eigenvalue weighted by Gasteiger charge is 2.42. The Bertz CT molecular complexity index is 1430. The lowest BCUT2D eigenvalue weighted by atomic mass is 9.67. The molecular formula is C36H39Cl4N3. The Morgan fingerprint density at radius 3 is 1.91 bits per heavy atom. The largest absolute Gasteiger partial charge is 0.303 e. The number of piperidine rings is 1. The van der Waals surface area contributed by atoms with Crippen molar-refractivity contribution in [1.29, 1.82) is 0 Å². The molecule has 1 fully saturated rings. The van der Waals surface area contributed by atoms with E-state index in [0.29, 0.717) is 20.1 Å². The Balaban J connectivity index is 1.51. The van der Waals surface area contributed by atoms with Gasteiger partial charge < -0.3 is 9.80 Å². The van der Waals surface area contributed by atoms with E-state index in [9.17, 15) is 0 Å². The molecule has 1 aliphatic rings. The molecule has 1 aliphatic heterocycles. The molecule has 0 amide bonds. The lowest BCUT2D eigenvalue weighted by molar-refractivity contribution is 0.116. The third-order valence-electron chi connectivity index (χ3n) is 9.36. The van der Waals surface area contributed by atoms with Crippen LogP contribution in [0.5, 0.6) is 0 Å². The first-order valence-electron chi connectivity index (χ1n) is 15.1. The summed E-state index contributed by atoms with van der Waals surface area (Å²) in [5.41, 5.74) is 3.87. The van der Waals surface area contributed by atoms with E-state index in [2.05, 4.69) is 65.0 Å². The van der Waals surface area contributed by atoms with Crippen LogP contribution >= 0.6 is 46.4 Å². The van der Waals surface area contributed by atoms with E-state index in [4.69, 9.17) is 46.4 Å². The van der Waals surface area contributed by atoms with Gasteiger partial charge in [-0.2, -0.15) is 0 Å². The van der Waals surface area contributed by atoms with E-state index in [0.717, 1.165) is 75.2 Å². The molecule has 4 aromatic rings. The maximum absolute atomic E-state index is 7.01. The lowest BCUT2D eigenvalue weighted by Gasteiger charge is -2.46. The van der Waals surface area contributed by atoms with Crippen molar-refractivity contribution in [3.8, 4) is 0 Å². The van der Waals surface area contributed by atoms with Crippen molar-refractivity contribution in [2.24, 2.45) is 0 Å². The van der Waals surface area contributed by atoms with E-state index in [1.807, 2.05) is 48.7 Å². The zero-order chi connectivity index (χ0) is 30.5. The minimum atomic E-state index is -0.660. The fourth-order valence-electron chi connectivity index (χ4n) is 6.89. The van der Waals surface area contributed by atoms with Crippen LogP contribution in [0.15, 0.2) is 91.3 Å². The van der Waals surface area contributed by atoms with Crippen molar-refractivity contribution in [1.82, 2.24) is 14.8 Å². The Hall–Kier alpha value is -2.11. The highest BCUT2D eigenvalue weighted by molar-refractivity contribution is 6.36. The number of pyridine rings is 1. The summed E-state index contributed by atoms with van der Waals surface area (Å²) in [5, 5.41) is 2.39. The monoisotopic (exact) mass is 653 g/mol. The number of likely N-dealkylation sites (N-methyl/N-ethyl adjacent to an activating group) is 1. The number of halogens is 4. The van der Waals surface area contributed by atoms with Crippen molar-refractivity contribution in [3.05, 3.63) is 134 Å². The van der Waals surface area contributed by atoms with Gasteiger partial charge in [-0.1, -0.05) is 109 Å². The number of rotatable bonds is 11. The van der Waals surface area contributed by atoms with E-state index in [-0.39, 0.29) is 5.41 Å². The summed E-state index contributed by atoms with van der Waals surface area (Å²) < 4.78 is 0. The van der Waals surface area contributed by atoms with Crippen LogP contribution in [-0.2, 0) is 10.8 Å². The van der Waals surface area contributed by atoms with Crippen LogP contribution in [0.4, 0.5) is 0 Å². The summed E-state index contributed by atoms with van der Waals surface area (Å²) in [5.74, 6) is 0. The van der Waals surface area contributed by atoms with Crippen LogP contribution in [0.1, 0.15) is 55.4 Å². The van der Waals surface area contributed by atoms with Crippen molar-refractivity contribution < 1.29 is 0 Å². The molecule has 226 valence electrons. The minimum absolute atomic E-state index is 0.142. The van der Waals surface area contributed by atoms with Gasteiger partial charge in [0.2, 0.25) is 0 Å². The number of hydrogen-bond acceptors (Lipinski definition) is 3. The summed E-state index contributed by atoms with van der Waals surface area (Å²) >= 11 is 26.8. The Labute approximate surface area is 276 Å². The first kappa shape index (κ1) is 32.3. The fourth-order valence-corrected chi connectivity index (χ4v) is 8.03. The smallest absolute Gasteiger partial charge is 0.0508 e. The van der Waals surface area contributed by atoms with Crippen LogP contribution in [0.2, 0.25) is 20.1 Å². The summed E-state index contributed by atoms with van der Waals surface area (Å²) in [6, 6.07) is 26.7. The molecule has 43 heavy (non-hydrogen) atoms. The molecule has 0 spiro atoms. The quantitative estimate of drug-likeness (QED) is 0.160. The topological polar surface area (TPSA) is 19.4 Å². The van der Waals surface area contributed by atoms with Gasteiger partial charge >= 0.3 is 0 Å². The normalized spacial score (nSPS) is 15.6. The van der Waals surface area contributed by atoms with Crippen molar-refractivity contribution >= 4 is 46.4 Å². The molecule has 5 rings (SSSR count). The number of hydrogen-bond donors (Lipinski definition) is 0.